The number of ether oxygens (including phenoxy) is 1. The number of ketones is 1. The van der Waals surface area contributed by atoms with Gasteiger partial charge in [-0.15, -0.1) is 0 Å². The van der Waals surface area contributed by atoms with Gasteiger partial charge in [-0.05, 0) is 42.0 Å². The molecule has 0 bridgehead atoms. The van der Waals surface area contributed by atoms with Crippen LogP contribution in [0.2, 0.25) is 15.1 Å². The number of Topliss-reactive ketones (excluding diaryl/α,β-unsaturated/α-hetero) is 1. The van der Waals surface area contributed by atoms with E-state index in [4.69, 9.17) is 39.5 Å². The number of fused-ring (bicyclic) bond motifs is 1. The van der Waals surface area contributed by atoms with E-state index in [9.17, 15) is 4.79 Å². The molecule has 3 rings (SSSR count). The smallest absolute Gasteiger partial charge is 0.196 e. The molecule has 2 aromatic rings. The largest absolute Gasteiger partial charge is 0.488 e. The minimum atomic E-state index is -0.107. The molecular formula is C16H9Cl3O2. The molecule has 0 amide bonds. The second-order valence-corrected chi connectivity index (χ2v) is 5.87. The fourth-order valence-electron chi connectivity index (χ4n) is 2.11. The Morgan fingerprint density at radius 2 is 1.71 bits per heavy atom. The van der Waals surface area contributed by atoms with Crippen molar-refractivity contribution in [2.24, 2.45) is 0 Å². The van der Waals surface area contributed by atoms with Crippen LogP contribution in [-0.4, -0.2) is 12.4 Å². The molecule has 1 aliphatic rings. The van der Waals surface area contributed by atoms with Gasteiger partial charge < -0.3 is 4.74 Å². The molecule has 0 unspecified atom stereocenters. The molecule has 0 saturated heterocycles. The molecule has 0 aliphatic carbocycles. The Labute approximate surface area is 136 Å². The summed E-state index contributed by atoms with van der Waals surface area (Å²) < 4.78 is 5.58. The van der Waals surface area contributed by atoms with Crippen molar-refractivity contribution in [1.82, 2.24) is 0 Å². The van der Waals surface area contributed by atoms with Crippen molar-refractivity contribution in [2.75, 3.05) is 6.61 Å². The van der Waals surface area contributed by atoms with Crippen LogP contribution in [0.15, 0.2) is 42.0 Å². The third kappa shape index (κ3) is 2.93. The van der Waals surface area contributed by atoms with Gasteiger partial charge in [-0.2, -0.15) is 0 Å². The summed E-state index contributed by atoms with van der Waals surface area (Å²) in [5.41, 5.74) is 1.71. The first-order valence-electron chi connectivity index (χ1n) is 6.17. The van der Waals surface area contributed by atoms with Gasteiger partial charge in [0, 0.05) is 20.6 Å². The predicted molar refractivity (Wildman–Crippen MR) is 85.7 cm³/mol. The summed E-state index contributed by atoms with van der Waals surface area (Å²) in [7, 11) is 0. The molecule has 1 heterocycles. The van der Waals surface area contributed by atoms with Crippen molar-refractivity contribution in [3.05, 3.63) is 68.2 Å². The van der Waals surface area contributed by atoms with E-state index in [2.05, 4.69) is 0 Å². The highest BCUT2D eigenvalue weighted by Crippen LogP contribution is 2.31. The highest BCUT2D eigenvalue weighted by molar-refractivity contribution is 6.35. The molecule has 0 aromatic heterocycles. The zero-order chi connectivity index (χ0) is 15.0. The summed E-state index contributed by atoms with van der Waals surface area (Å²) >= 11 is 17.9. The Balaban J connectivity index is 2.01. The Hall–Kier alpha value is -1.48. The number of carbonyl (C=O) groups excluding carboxylic acids is 1. The number of halogens is 3. The molecule has 2 aromatic carbocycles. The molecule has 0 fully saturated rings. The summed E-state index contributed by atoms with van der Waals surface area (Å²) in [5, 5.41) is 1.53. The minimum Gasteiger partial charge on any atom is -0.488 e. The average Bonchev–Trinajstić information content (AvgIpc) is 2.45. The highest BCUT2D eigenvalue weighted by Gasteiger charge is 2.23. The summed E-state index contributed by atoms with van der Waals surface area (Å²) in [6, 6.07) is 10.1. The van der Waals surface area contributed by atoms with Crippen molar-refractivity contribution in [1.29, 1.82) is 0 Å². The highest BCUT2D eigenvalue weighted by atomic mass is 35.5. The van der Waals surface area contributed by atoms with Crippen molar-refractivity contribution in [3.8, 4) is 5.75 Å². The molecule has 0 N–H and O–H groups in total. The van der Waals surface area contributed by atoms with Gasteiger partial charge in [0.15, 0.2) is 5.78 Å². The average molecular weight is 340 g/mol. The van der Waals surface area contributed by atoms with Crippen LogP contribution < -0.4 is 4.74 Å². The van der Waals surface area contributed by atoms with E-state index in [-0.39, 0.29) is 12.4 Å². The van der Waals surface area contributed by atoms with Gasteiger partial charge in [0.25, 0.3) is 0 Å². The SMILES string of the molecule is O=C1/C(=C/c2ccc(Cl)cc2Cl)COc2ccc(Cl)cc21. The van der Waals surface area contributed by atoms with Gasteiger partial charge in [0.2, 0.25) is 0 Å². The first-order chi connectivity index (χ1) is 10.0. The van der Waals surface area contributed by atoms with E-state index in [1.807, 2.05) is 0 Å². The standard InChI is InChI=1S/C16H9Cl3O2/c17-11-3-4-15-13(6-11)16(20)10(8-21-15)5-9-1-2-12(18)7-14(9)19/h1-7H,8H2/b10-5+. The van der Waals surface area contributed by atoms with Crippen LogP contribution in [0.25, 0.3) is 6.08 Å². The summed E-state index contributed by atoms with van der Waals surface area (Å²) in [5.74, 6) is 0.438. The molecule has 106 valence electrons. The van der Waals surface area contributed by atoms with Crippen molar-refractivity contribution < 1.29 is 9.53 Å². The monoisotopic (exact) mass is 338 g/mol. The summed E-state index contributed by atoms with van der Waals surface area (Å²) in [4.78, 5) is 12.5. The lowest BCUT2D eigenvalue weighted by Gasteiger charge is -2.19. The van der Waals surface area contributed by atoms with Crippen LogP contribution in [-0.2, 0) is 0 Å². The van der Waals surface area contributed by atoms with Crippen molar-refractivity contribution >= 4 is 46.7 Å². The van der Waals surface area contributed by atoms with Crippen LogP contribution in [0, 0.1) is 0 Å². The second kappa shape index (κ2) is 5.72. The van der Waals surface area contributed by atoms with E-state index < -0.39 is 0 Å². The van der Waals surface area contributed by atoms with Gasteiger partial charge in [0.1, 0.15) is 12.4 Å². The van der Waals surface area contributed by atoms with Gasteiger partial charge in [-0.1, -0.05) is 40.9 Å². The van der Waals surface area contributed by atoms with Gasteiger partial charge in [-0.3, -0.25) is 4.79 Å². The number of rotatable bonds is 1. The predicted octanol–water partition coefficient (Wildman–Crippen LogP) is 5.31. The number of carbonyl (C=O) groups is 1. The summed E-state index contributed by atoms with van der Waals surface area (Å²) in [6.45, 7) is 0.201. The van der Waals surface area contributed by atoms with E-state index in [1.54, 1.807) is 42.5 Å². The molecule has 1 aliphatic heterocycles. The van der Waals surface area contributed by atoms with Gasteiger partial charge >= 0.3 is 0 Å². The summed E-state index contributed by atoms with van der Waals surface area (Å²) in [6.07, 6.45) is 1.71. The van der Waals surface area contributed by atoms with Gasteiger partial charge in [0.05, 0.1) is 5.56 Å². The fourth-order valence-corrected chi connectivity index (χ4v) is 2.75. The topological polar surface area (TPSA) is 26.3 Å². The maximum Gasteiger partial charge on any atom is 0.196 e. The van der Waals surface area contributed by atoms with Crippen LogP contribution in [0.3, 0.4) is 0 Å². The Morgan fingerprint density at radius 1 is 1.00 bits per heavy atom. The molecule has 0 radical (unpaired) electrons. The lowest BCUT2D eigenvalue weighted by molar-refractivity contribution is 0.100. The van der Waals surface area contributed by atoms with E-state index >= 15 is 0 Å². The zero-order valence-electron chi connectivity index (χ0n) is 10.7. The zero-order valence-corrected chi connectivity index (χ0v) is 13.0. The normalized spacial score (nSPS) is 15.8. The first kappa shape index (κ1) is 14.5. The van der Waals surface area contributed by atoms with Crippen molar-refractivity contribution in [3.63, 3.8) is 0 Å². The van der Waals surface area contributed by atoms with Crippen LogP contribution in [0.5, 0.6) is 5.75 Å². The van der Waals surface area contributed by atoms with Crippen LogP contribution in [0.4, 0.5) is 0 Å². The number of hydrogen-bond donors (Lipinski definition) is 0. The van der Waals surface area contributed by atoms with Crippen molar-refractivity contribution in [2.45, 2.75) is 0 Å². The second-order valence-electron chi connectivity index (χ2n) is 4.59. The van der Waals surface area contributed by atoms with E-state index in [0.29, 0.717) is 32.0 Å². The number of benzene rings is 2. The maximum absolute atomic E-state index is 12.5. The van der Waals surface area contributed by atoms with Crippen LogP contribution in [0.1, 0.15) is 15.9 Å². The number of hydrogen-bond acceptors (Lipinski definition) is 2. The lowest BCUT2D eigenvalue weighted by Crippen LogP contribution is -2.19. The molecule has 5 heteroatoms. The minimum absolute atomic E-state index is 0.107. The molecular weight excluding hydrogens is 331 g/mol. The first-order valence-corrected chi connectivity index (χ1v) is 7.30. The maximum atomic E-state index is 12.5. The van der Waals surface area contributed by atoms with E-state index in [0.717, 1.165) is 5.56 Å². The molecule has 0 spiro atoms. The third-order valence-corrected chi connectivity index (χ3v) is 3.95. The molecule has 21 heavy (non-hydrogen) atoms. The molecule has 0 saturated carbocycles. The lowest BCUT2D eigenvalue weighted by atomic mass is 9.98. The van der Waals surface area contributed by atoms with Gasteiger partial charge in [-0.25, -0.2) is 0 Å². The Bertz CT molecular complexity index is 766. The molecule has 2 nitrogen and oxygen atoms in total. The fraction of sp³-hybridized carbons (Fsp3) is 0.0625. The Morgan fingerprint density at radius 3 is 2.48 bits per heavy atom. The Kier molecular flexibility index (Phi) is 3.94. The molecule has 0 atom stereocenters. The van der Waals surface area contributed by atoms with Crippen LogP contribution >= 0.6 is 34.8 Å². The third-order valence-electron chi connectivity index (χ3n) is 3.15. The quantitative estimate of drug-likeness (QED) is 0.659. The van der Waals surface area contributed by atoms with E-state index in [1.165, 1.54) is 0 Å².